The van der Waals surface area contributed by atoms with Crippen molar-refractivity contribution in [3.63, 3.8) is 0 Å². The molecule has 0 bridgehead atoms. The maximum absolute atomic E-state index is 12.7. The van der Waals surface area contributed by atoms with E-state index < -0.39 is 0 Å². The molecule has 19 heavy (non-hydrogen) atoms. The molecule has 1 aliphatic heterocycles. The fourth-order valence-corrected chi connectivity index (χ4v) is 3.42. The number of carbonyl (C=O) groups excluding carboxylic acids is 2. The number of nitrogens with one attached hydrogen (secondary N) is 1. The van der Waals surface area contributed by atoms with E-state index in [0.29, 0.717) is 12.3 Å². The zero-order valence-electron chi connectivity index (χ0n) is 12.3. The van der Waals surface area contributed by atoms with Gasteiger partial charge in [-0.25, -0.2) is 0 Å². The van der Waals surface area contributed by atoms with Gasteiger partial charge >= 0.3 is 0 Å². The largest absolute Gasteiger partial charge is 0.342 e. The van der Waals surface area contributed by atoms with Crippen LogP contribution in [0.5, 0.6) is 0 Å². The minimum absolute atomic E-state index is 0.0413. The second-order valence-corrected chi connectivity index (χ2v) is 6.30. The molecule has 1 aliphatic carbocycles. The van der Waals surface area contributed by atoms with Crippen molar-refractivity contribution in [3.8, 4) is 0 Å². The van der Waals surface area contributed by atoms with Gasteiger partial charge in [-0.15, -0.1) is 0 Å². The van der Waals surface area contributed by atoms with Gasteiger partial charge in [0.05, 0.1) is 0 Å². The van der Waals surface area contributed by atoms with Crippen LogP contribution in [0.2, 0.25) is 0 Å². The summed E-state index contributed by atoms with van der Waals surface area (Å²) in [5.41, 5.74) is 0. The van der Waals surface area contributed by atoms with Crippen molar-refractivity contribution in [1.82, 2.24) is 10.2 Å². The number of nitrogens with zero attached hydrogens (tertiary/aromatic N) is 1. The molecule has 0 aromatic carbocycles. The normalized spacial score (nSPS) is 29.2. The summed E-state index contributed by atoms with van der Waals surface area (Å²) in [5.74, 6) is 0.601. The van der Waals surface area contributed by atoms with E-state index in [-0.39, 0.29) is 29.9 Å². The van der Waals surface area contributed by atoms with Gasteiger partial charge in [0.15, 0.2) is 0 Å². The second-order valence-electron chi connectivity index (χ2n) is 6.30. The first-order valence-corrected chi connectivity index (χ1v) is 7.67. The number of piperazine rings is 1. The molecule has 2 aliphatic rings. The lowest BCUT2D eigenvalue weighted by atomic mass is 9.95. The Morgan fingerprint density at radius 3 is 2.42 bits per heavy atom. The van der Waals surface area contributed by atoms with E-state index in [0.717, 1.165) is 19.3 Å². The van der Waals surface area contributed by atoms with E-state index in [1.807, 2.05) is 11.8 Å². The van der Waals surface area contributed by atoms with Gasteiger partial charge in [0, 0.05) is 6.04 Å². The molecule has 1 N–H and O–H groups in total. The summed E-state index contributed by atoms with van der Waals surface area (Å²) in [5, 5.41) is 2.92. The van der Waals surface area contributed by atoms with E-state index in [1.54, 1.807) is 0 Å². The first-order chi connectivity index (χ1) is 9.04. The molecule has 1 saturated carbocycles. The summed E-state index contributed by atoms with van der Waals surface area (Å²) >= 11 is 0. The lowest BCUT2D eigenvalue weighted by molar-refractivity contribution is -0.152. The summed E-state index contributed by atoms with van der Waals surface area (Å²) < 4.78 is 0. The third-order valence-corrected chi connectivity index (χ3v) is 4.32. The molecule has 2 unspecified atom stereocenters. The van der Waals surface area contributed by atoms with Gasteiger partial charge in [-0.3, -0.25) is 9.59 Å². The number of carbonyl (C=O) groups is 2. The molecule has 0 aromatic rings. The van der Waals surface area contributed by atoms with Crippen LogP contribution in [-0.4, -0.2) is 34.8 Å². The Kier molecular flexibility index (Phi) is 4.48. The smallest absolute Gasteiger partial charge is 0.246 e. The van der Waals surface area contributed by atoms with Crippen LogP contribution in [0.3, 0.4) is 0 Å². The Labute approximate surface area is 115 Å². The molecule has 1 saturated heterocycles. The molecule has 1 heterocycles. The van der Waals surface area contributed by atoms with E-state index in [1.165, 1.54) is 12.8 Å². The van der Waals surface area contributed by atoms with Crippen LogP contribution in [-0.2, 0) is 9.59 Å². The van der Waals surface area contributed by atoms with Crippen LogP contribution < -0.4 is 5.32 Å². The fraction of sp³-hybridized carbons (Fsp3) is 0.867. The predicted octanol–water partition coefficient (Wildman–Crippen LogP) is 2.08. The summed E-state index contributed by atoms with van der Waals surface area (Å²) in [4.78, 5) is 26.8. The third-order valence-electron chi connectivity index (χ3n) is 4.32. The SMILES string of the molecule is CCC1C(=O)NC(CC(C)C)C(=O)N1C1CCCC1. The Morgan fingerprint density at radius 1 is 1.26 bits per heavy atom. The van der Waals surface area contributed by atoms with E-state index in [2.05, 4.69) is 19.2 Å². The monoisotopic (exact) mass is 266 g/mol. The highest BCUT2D eigenvalue weighted by molar-refractivity contribution is 5.97. The second kappa shape index (κ2) is 5.93. The Hall–Kier alpha value is -1.06. The highest BCUT2D eigenvalue weighted by atomic mass is 16.2. The van der Waals surface area contributed by atoms with Crippen LogP contribution in [0.1, 0.15) is 59.3 Å². The first kappa shape index (κ1) is 14.4. The van der Waals surface area contributed by atoms with Crippen molar-refractivity contribution in [1.29, 1.82) is 0 Å². The van der Waals surface area contributed by atoms with Gasteiger partial charge in [0.2, 0.25) is 11.8 Å². The van der Waals surface area contributed by atoms with Gasteiger partial charge in [0.25, 0.3) is 0 Å². The van der Waals surface area contributed by atoms with Crippen molar-refractivity contribution in [2.24, 2.45) is 5.92 Å². The minimum atomic E-state index is -0.309. The average Bonchev–Trinajstić information content (AvgIpc) is 2.85. The fourth-order valence-electron chi connectivity index (χ4n) is 3.42. The molecule has 2 amide bonds. The molecule has 0 spiro atoms. The average molecular weight is 266 g/mol. The van der Waals surface area contributed by atoms with Gasteiger partial charge in [-0.2, -0.15) is 0 Å². The molecule has 0 aromatic heterocycles. The van der Waals surface area contributed by atoms with Gasteiger partial charge in [-0.05, 0) is 31.6 Å². The number of rotatable bonds is 4. The highest BCUT2D eigenvalue weighted by Gasteiger charge is 2.43. The summed E-state index contributed by atoms with van der Waals surface area (Å²) in [6.45, 7) is 6.17. The van der Waals surface area contributed by atoms with Crippen molar-refractivity contribution < 1.29 is 9.59 Å². The molecule has 2 atom stereocenters. The molecule has 4 nitrogen and oxygen atoms in total. The minimum Gasteiger partial charge on any atom is -0.342 e. The lowest BCUT2D eigenvalue weighted by Crippen LogP contribution is -2.65. The quantitative estimate of drug-likeness (QED) is 0.847. The zero-order valence-corrected chi connectivity index (χ0v) is 12.3. The molecule has 108 valence electrons. The highest BCUT2D eigenvalue weighted by Crippen LogP contribution is 2.29. The molecular weight excluding hydrogens is 240 g/mol. The van der Waals surface area contributed by atoms with Crippen molar-refractivity contribution in [3.05, 3.63) is 0 Å². The van der Waals surface area contributed by atoms with E-state index in [4.69, 9.17) is 0 Å². The number of hydrogen-bond acceptors (Lipinski definition) is 2. The zero-order chi connectivity index (χ0) is 14.0. The van der Waals surface area contributed by atoms with Crippen molar-refractivity contribution >= 4 is 11.8 Å². The Balaban J connectivity index is 2.18. The standard InChI is InChI=1S/C15H26N2O2/c1-4-13-14(18)16-12(9-10(2)3)15(19)17(13)11-7-5-6-8-11/h10-13H,4-9H2,1-3H3,(H,16,18). The summed E-state index contributed by atoms with van der Waals surface area (Å²) in [6.07, 6.45) is 5.93. The van der Waals surface area contributed by atoms with E-state index in [9.17, 15) is 9.59 Å². The van der Waals surface area contributed by atoms with Crippen LogP contribution in [0.15, 0.2) is 0 Å². The summed E-state index contributed by atoms with van der Waals surface area (Å²) in [6, 6.07) is -0.270. The maximum atomic E-state index is 12.7. The molecule has 2 fully saturated rings. The van der Waals surface area contributed by atoms with Gasteiger partial charge in [0.1, 0.15) is 12.1 Å². The third kappa shape index (κ3) is 2.93. The Bertz CT molecular complexity index is 348. The van der Waals surface area contributed by atoms with Crippen molar-refractivity contribution in [2.45, 2.75) is 77.4 Å². The Morgan fingerprint density at radius 2 is 1.89 bits per heavy atom. The predicted molar refractivity (Wildman–Crippen MR) is 74.6 cm³/mol. The van der Waals surface area contributed by atoms with Gasteiger partial charge < -0.3 is 10.2 Å². The van der Waals surface area contributed by atoms with E-state index >= 15 is 0 Å². The lowest BCUT2D eigenvalue weighted by Gasteiger charge is -2.42. The van der Waals surface area contributed by atoms with Crippen LogP contribution in [0, 0.1) is 5.92 Å². The number of hydrogen-bond donors (Lipinski definition) is 1. The molecule has 2 rings (SSSR count). The summed E-state index contributed by atoms with van der Waals surface area (Å²) in [7, 11) is 0. The topological polar surface area (TPSA) is 49.4 Å². The molecule has 4 heteroatoms. The van der Waals surface area contributed by atoms with Crippen LogP contribution in [0.4, 0.5) is 0 Å². The van der Waals surface area contributed by atoms with Crippen LogP contribution >= 0.6 is 0 Å². The first-order valence-electron chi connectivity index (χ1n) is 7.67. The number of amides is 2. The maximum Gasteiger partial charge on any atom is 0.246 e. The van der Waals surface area contributed by atoms with Gasteiger partial charge in [-0.1, -0.05) is 33.6 Å². The van der Waals surface area contributed by atoms with Crippen LogP contribution in [0.25, 0.3) is 0 Å². The molecular formula is C15H26N2O2. The van der Waals surface area contributed by atoms with Crippen molar-refractivity contribution in [2.75, 3.05) is 0 Å². The molecule has 0 radical (unpaired) electrons.